The first kappa shape index (κ1) is 16.1. The summed E-state index contributed by atoms with van der Waals surface area (Å²) in [5.74, 6) is 0. The smallest absolute Gasteiger partial charge is 0 e. The molecule has 0 fully saturated rings. The topological polar surface area (TPSA) is 74.6 Å². The molecule has 0 bridgehead atoms. The van der Waals surface area contributed by atoms with Crippen molar-refractivity contribution in [3.8, 4) is 0 Å². The van der Waals surface area contributed by atoms with E-state index >= 15 is 0 Å². The second-order valence-electron chi connectivity index (χ2n) is 0.448. The van der Waals surface area contributed by atoms with E-state index < -0.39 is 13.6 Å². The summed E-state index contributed by atoms with van der Waals surface area (Å²) in [6.07, 6.45) is 0. The Morgan fingerprint density at radius 3 is 1.14 bits per heavy atom. The first-order valence-electron chi connectivity index (χ1n) is 0.698. The first-order valence-corrected chi connectivity index (χ1v) is 2.88. The average molecular weight is 323 g/mol. The third-order valence-electron chi connectivity index (χ3n) is 0. The van der Waals surface area contributed by atoms with Crippen molar-refractivity contribution in [2.45, 2.75) is 0 Å². The molecule has 0 aliphatic rings. The van der Waals surface area contributed by atoms with Crippen molar-refractivity contribution >= 4 is 48.9 Å². The zero-order valence-electron chi connectivity index (χ0n) is 2.83. The molecule has 0 aromatic heterocycles. The number of hydrogen-bond acceptors (Lipinski definition) is 2. The molecule has 0 aromatic rings. The summed E-state index contributed by atoms with van der Waals surface area (Å²) in [4.78, 5) is 0. The summed E-state index contributed by atoms with van der Waals surface area (Å²) in [5.41, 5.74) is 0. The van der Waals surface area contributed by atoms with Gasteiger partial charge in [-0.15, -0.1) is 0 Å². The molecule has 7 heavy (non-hydrogen) atoms. The molecule has 0 unspecified atom stereocenters. The minimum Gasteiger partial charge on any atom is 0 e. The number of hydrogen-bond donors (Lipinski definition) is 2. The van der Waals surface area contributed by atoms with Crippen LogP contribution in [-0.4, -0.2) is 57.2 Å². The summed E-state index contributed by atoms with van der Waals surface area (Å²) in [5, 5.41) is 0. The molecule has 0 heterocycles. The molecule has 0 radical (unpaired) electrons. The van der Waals surface area contributed by atoms with Crippen molar-refractivity contribution in [3.05, 3.63) is 0 Å². The van der Waals surface area contributed by atoms with Gasteiger partial charge in [0.1, 0.15) is 0 Å². The summed E-state index contributed by atoms with van der Waals surface area (Å²) < 4.78 is 31.9. The van der Waals surface area contributed by atoms with Crippen molar-refractivity contribution in [2.24, 2.45) is 0 Å². The van der Waals surface area contributed by atoms with E-state index in [0.717, 1.165) is 0 Å². The van der Waals surface area contributed by atoms with Crippen LogP contribution in [0.25, 0.3) is 0 Å². The normalized spacial score (nSPS) is 8.29. The van der Waals surface area contributed by atoms with Crippen molar-refractivity contribution in [1.82, 2.24) is 0 Å². The van der Waals surface area contributed by atoms with Crippen molar-refractivity contribution in [3.63, 3.8) is 0 Å². The van der Waals surface area contributed by atoms with Crippen LogP contribution in [0.15, 0.2) is 0 Å². The summed E-state index contributed by atoms with van der Waals surface area (Å²) in [6, 6.07) is 0. The Hall–Kier alpha value is 2.25. The molecule has 0 amide bonds. The van der Waals surface area contributed by atoms with Crippen LogP contribution in [0.2, 0.25) is 0 Å². The van der Waals surface area contributed by atoms with Crippen LogP contribution in [0.4, 0.5) is 0 Å². The van der Waals surface area contributed by atoms with Gasteiger partial charge >= 0.3 is 78.4 Å². The first-order chi connectivity index (χ1) is 2.00. The van der Waals surface area contributed by atoms with E-state index in [1.807, 2.05) is 0 Å². The fourth-order valence-corrected chi connectivity index (χ4v) is 0. The third-order valence-corrected chi connectivity index (χ3v) is 0. The van der Waals surface area contributed by atoms with Crippen LogP contribution in [0, 0.1) is 0 Å². The van der Waals surface area contributed by atoms with Gasteiger partial charge in [0.15, 0.2) is 0 Å². The maximum Gasteiger partial charge on any atom is 0 e. The Bertz CT molecular complexity index is 94.9. The van der Waals surface area contributed by atoms with Crippen molar-refractivity contribution < 1.29 is 49.0 Å². The van der Waals surface area contributed by atoms with E-state index in [2.05, 4.69) is 0 Å². The van der Waals surface area contributed by atoms with Gasteiger partial charge in [0.2, 0.25) is 0 Å². The maximum absolute atomic E-state index is 8.82. The summed E-state index contributed by atoms with van der Waals surface area (Å²) >= 11 is -5.25. The molecular weight excluding hydrogens is 319 g/mol. The molecule has 2 N–H and O–H groups in total. The van der Waals surface area contributed by atoms with Gasteiger partial charge in [-0.05, 0) is 0 Å². The molecule has 0 atom stereocenters. The van der Waals surface area contributed by atoms with Gasteiger partial charge < -0.3 is 0 Å². The molecule has 0 saturated heterocycles. The molecule has 0 saturated carbocycles. The minimum absolute atomic E-state index is 0. The van der Waals surface area contributed by atoms with Gasteiger partial charge in [-0.25, -0.2) is 0 Å². The molecule has 0 aliphatic heterocycles. The van der Waals surface area contributed by atoms with Crippen LogP contribution in [0.1, 0.15) is 0 Å². The molecule has 0 aliphatic carbocycles. The van der Waals surface area contributed by atoms with E-state index in [4.69, 9.17) is 15.9 Å². The van der Waals surface area contributed by atoms with Gasteiger partial charge in [0, 0.05) is 19.5 Å². The minimum atomic E-state index is -5.25. The molecule has 0 aromatic carbocycles. The van der Waals surface area contributed by atoms with Crippen LogP contribution >= 0.6 is 0 Å². The van der Waals surface area contributed by atoms with Crippen molar-refractivity contribution in [2.75, 3.05) is 0 Å². The Labute approximate surface area is 95.9 Å². The molecule has 0 rings (SSSR count). The second-order valence-corrected chi connectivity index (χ2v) is 1.85. The van der Waals surface area contributed by atoms with Crippen LogP contribution in [0.3, 0.4) is 0 Å². The molecular formula is H4BaCrO4Zn. The summed E-state index contributed by atoms with van der Waals surface area (Å²) in [6.45, 7) is 0. The van der Waals surface area contributed by atoms with Gasteiger partial charge in [-0.2, -0.15) is 0 Å². The largest absolute Gasteiger partial charge is 0 e. The Morgan fingerprint density at radius 1 is 1.14 bits per heavy atom. The predicted molar refractivity (Wildman–Crippen MR) is 14.4 cm³/mol. The van der Waals surface area contributed by atoms with E-state index in [-0.39, 0.29) is 68.4 Å². The molecule has 7 heteroatoms. The number of rotatable bonds is 0. The molecule has 4 nitrogen and oxygen atoms in total. The summed E-state index contributed by atoms with van der Waals surface area (Å²) in [7, 11) is 0. The Kier molecular flexibility index (Phi) is 14.7. The third kappa shape index (κ3) is 63.7. The maximum atomic E-state index is 8.82. The van der Waals surface area contributed by atoms with E-state index in [1.54, 1.807) is 0 Å². The van der Waals surface area contributed by atoms with Gasteiger partial charge in [0.05, 0.1) is 0 Å². The Morgan fingerprint density at radius 2 is 1.14 bits per heavy atom. The van der Waals surface area contributed by atoms with Crippen LogP contribution in [-0.2, 0) is 40.7 Å². The van der Waals surface area contributed by atoms with Crippen LogP contribution < -0.4 is 0 Å². The van der Waals surface area contributed by atoms with Crippen LogP contribution in [0.5, 0.6) is 0 Å². The Balaban J connectivity index is -0.0000000800. The SMILES string of the molecule is [BaH2].[O]=[Cr](=[O])([OH])[OH].[Zn]. The van der Waals surface area contributed by atoms with Gasteiger partial charge in [-0.3, -0.25) is 0 Å². The quantitative estimate of drug-likeness (QED) is 0.493. The zero-order chi connectivity index (χ0) is 4.50. The monoisotopic (exact) mass is 322 g/mol. The average Bonchev–Trinajstić information content (AvgIpc) is 0.722. The fraction of sp³-hybridized carbons (Fsp3) is 0. The molecule has 38 valence electrons. The second kappa shape index (κ2) is 6.37. The van der Waals surface area contributed by atoms with Gasteiger partial charge in [-0.1, -0.05) is 0 Å². The predicted octanol–water partition coefficient (Wildman–Crippen LogP) is -2.27. The van der Waals surface area contributed by atoms with E-state index in [9.17, 15) is 0 Å². The zero-order valence-corrected chi connectivity index (χ0v) is 7.07. The van der Waals surface area contributed by atoms with Crippen molar-refractivity contribution in [1.29, 1.82) is 0 Å². The standard InChI is InChI=1S/Ba.Cr.2H2O.2O.Zn.2H/h;;2*1H2;;;;;/q;+2;;;;;;;/p-2. The fourth-order valence-electron chi connectivity index (χ4n) is 0. The van der Waals surface area contributed by atoms with E-state index in [0.29, 0.717) is 0 Å². The van der Waals surface area contributed by atoms with E-state index in [1.165, 1.54) is 0 Å². The van der Waals surface area contributed by atoms with Gasteiger partial charge in [0.25, 0.3) is 0 Å². The molecule has 0 spiro atoms.